The van der Waals surface area contributed by atoms with Crippen LogP contribution < -0.4 is 14.5 Å². The third-order valence-corrected chi connectivity index (χ3v) is 4.63. The summed E-state index contributed by atoms with van der Waals surface area (Å²) in [4.78, 5) is 3.33. The molecule has 0 atom stereocenters. The molecule has 1 fully saturated rings. The number of quaternary nitrogens is 2. The number of hydrogen-bond donors (Lipinski definition) is 2. The zero-order valence-corrected chi connectivity index (χ0v) is 15.3. The van der Waals surface area contributed by atoms with Gasteiger partial charge in [-0.1, -0.05) is 32.9 Å². The predicted molar refractivity (Wildman–Crippen MR) is 93.6 cm³/mol. The van der Waals surface area contributed by atoms with Gasteiger partial charge >= 0.3 is 0 Å². The van der Waals surface area contributed by atoms with Crippen molar-refractivity contribution in [2.75, 3.05) is 59.6 Å². The number of ether oxygens (including phenoxy) is 2. The molecule has 4 heteroatoms. The summed E-state index contributed by atoms with van der Waals surface area (Å²) in [5.41, 5.74) is 1.52. The molecule has 0 saturated carbocycles. The monoisotopic (exact) mass is 322 g/mol. The molecule has 23 heavy (non-hydrogen) atoms. The minimum absolute atomic E-state index is 0.189. The van der Waals surface area contributed by atoms with Crippen molar-refractivity contribution in [3.05, 3.63) is 29.8 Å². The minimum atomic E-state index is 0.189. The van der Waals surface area contributed by atoms with Crippen LogP contribution >= 0.6 is 0 Å². The molecule has 1 aromatic carbocycles. The maximum absolute atomic E-state index is 5.74. The lowest BCUT2D eigenvalue weighted by Crippen LogP contribution is -3.27. The first-order valence-electron chi connectivity index (χ1n) is 8.91. The Labute approximate surface area is 141 Å². The van der Waals surface area contributed by atoms with Gasteiger partial charge < -0.3 is 19.3 Å². The van der Waals surface area contributed by atoms with Crippen LogP contribution in [0.4, 0.5) is 0 Å². The summed E-state index contributed by atoms with van der Waals surface area (Å²) in [5, 5.41) is 0. The van der Waals surface area contributed by atoms with Crippen molar-refractivity contribution in [1.82, 2.24) is 0 Å². The van der Waals surface area contributed by atoms with Crippen LogP contribution in [0.2, 0.25) is 0 Å². The average Bonchev–Trinajstić information content (AvgIpc) is 2.52. The van der Waals surface area contributed by atoms with E-state index < -0.39 is 0 Å². The van der Waals surface area contributed by atoms with Gasteiger partial charge in [-0.2, -0.15) is 0 Å². The summed E-state index contributed by atoms with van der Waals surface area (Å²) in [6.45, 7) is 15.0. The summed E-state index contributed by atoms with van der Waals surface area (Å²) >= 11 is 0. The number of likely N-dealkylation sites (N-methyl/N-ethyl adjacent to an activating group) is 1. The maximum atomic E-state index is 5.74. The Morgan fingerprint density at radius 2 is 1.57 bits per heavy atom. The first-order chi connectivity index (χ1) is 10.9. The molecular formula is C19H34N2O2+2. The number of nitrogens with one attached hydrogen (secondary N) is 2. The van der Waals surface area contributed by atoms with E-state index in [1.165, 1.54) is 31.7 Å². The predicted octanol–water partition coefficient (Wildman–Crippen LogP) is -0.207. The molecule has 0 amide bonds. The van der Waals surface area contributed by atoms with Gasteiger partial charge in [0, 0.05) is 0 Å². The van der Waals surface area contributed by atoms with Crippen molar-refractivity contribution >= 4 is 0 Å². The highest BCUT2D eigenvalue weighted by Gasteiger charge is 2.19. The lowest BCUT2D eigenvalue weighted by Gasteiger charge is -2.27. The first kappa shape index (κ1) is 18.2. The largest absolute Gasteiger partial charge is 0.491 e. The highest BCUT2D eigenvalue weighted by molar-refractivity contribution is 5.31. The van der Waals surface area contributed by atoms with Gasteiger partial charge in [-0.25, -0.2) is 0 Å². The van der Waals surface area contributed by atoms with E-state index in [0.717, 1.165) is 18.9 Å². The van der Waals surface area contributed by atoms with Crippen molar-refractivity contribution in [2.45, 2.75) is 26.2 Å². The van der Waals surface area contributed by atoms with E-state index in [4.69, 9.17) is 9.47 Å². The van der Waals surface area contributed by atoms with Crippen LogP contribution in [0.1, 0.15) is 26.3 Å². The number of hydrogen-bond acceptors (Lipinski definition) is 2. The van der Waals surface area contributed by atoms with Crippen molar-refractivity contribution in [2.24, 2.45) is 0 Å². The average molecular weight is 322 g/mol. The highest BCUT2D eigenvalue weighted by Crippen LogP contribution is 2.24. The van der Waals surface area contributed by atoms with E-state index in [9.17, 15) is 0 Å². The molecule has 0 aliphatic carbocycles. The molecule has 1 heterocycles. The van der Waals surface area contributed by atoms with Crippen LogP contribution in [0.25, 0.3) is 0 Å². The van der Waals surface area contributed by atoms with Gasteiger partial charge in [0.25, 0.3) is 0 Å². The zero-order valence-electron chi connectivity index (χ0n) is 15.3. The van der Waals surface area contributed by atoms with Crippen molar-refractivity contribution in [1.29, 1.82) is 0 Å². The van der Waals surface area contributed by atoms with Crippen LogP contribution in [0.5, 0.6) is 5.75 Å². The summed E-state index contributed by atoms with van der Waals surface area (Å²) in [5.74, 6) is 0.925. The fraction of sp³-hybridized carbons (Fsp3) is 0.684. The van der Waals surface area contributed by atoms with E-state index in [-0.39, 0.29) is 5.41 Å². The molecule has 1 aliphatic rings. The SMILES string of the molecule is C[NH+]1CC[NH+](CCOCCOc2ccc(C(C)(C)C)cc2)CC1. The molecule has 1 saturated heterocycles. The fourth-order valence-corrected chi connectivity index (χ4v) is 2.87. The minimum Gasteiger partial charge on any atom is -0.491 e. The van der Waals surface area contributed by atoms with Gasteiger partial charge in [-0.15, -0.1) is 0 Å². The van der Waals surface area contributed by atoms with Gasteiger partial charge in [0.05, 0.1) is 20.3 Å². The second kappa shape index (κ2) is 8.67. The Kier molecular flexibility index (Phi) is 6.88. The van der Waals surface area contributed by atoms with Crippen molar-refractivity contribution in [3.8, 4) is 5.75 Å². The Balaban J connectivity index is 1.55. The van der Waals surface area contributed by atoms with Gasteiger partial charge in [-0.05, 0) is 23.1 Å². The van der Waals surface area contributed by atoms with Gasteiger partial charge in [-0.3, -0.25) is 0 Å². The fourth-order valence-electron chi connectivity index (χ4n) is 2.87. The van der Waals surface area contributed by atoms with Crippen LogP contribution in [0.3, 0.4) is 0 Å². The standard InChI is InChI=1S/C19H32N2O2/c1-19(2,3)17-5-7-18(8-6-17)23-16-15-22-14-13-21-11-9-20(4)10-12-21/h5-8H,9-16H2,1-4H3/p+2. The van der Waals surface area contributed by atoms with Crippen molar-refractivity contribution in [3.63, 3.8) is 0 Å². The Morgan fingerprint density at radius 3 is 2.17 bits per heavy atom. The molecular weight excluding hydrogens is 288 g/mol. The number of benzene rings is 1. The van der Waals surface area contributed by atoms with Gasteiger partial charge in [0.15, 0.2) is 0 Å². The van der Waals surface area contributed by atoms with Gasteiger partial charge in [0.1, 0.15) is 45.1 Å². The summed E-state index contributed by atoms with van der Waals surface area (Å²) in [7, 11) is 2.28. The molecule has 0 spiro atoms. The lowest BCUT2D eigenvalue weighted by atomic mass is 9.87. The maximum Gasteiger partial charge on any atom is 0.127 e. The van der Waals surface area contributed by atoms with E-state index >= 15 is 0 Å². The second-order valence-electron chi connectivity index (χ2n) is 7.69. The Bertz CT molecular complexity index is 445. The van der Waals surface area contributed by atoms with Gasteiger partial charge in [0.2, 0.25) is 0 Å². The summed E-state index contributed by atoms with van der Waals surface area (Å²) in [6.07, 6.45) is 0. The molecule has 0 unspecified atom stereocenters. The topological polar surface area (TPSA) is 27.3 Å². The van der Waals surface area contributed by atoms with E-state index in [1.807, 2.05) is 0 Å². The third kappa shape index (κ3) is 6.50. The normalized spacial score (nSPS) is 22.1. The quantitative estimate of drug-likeness (QED) is 0.680. The smallest absolute Gasteiger partial charge is 0.127 e. The molecule has 4 nitrogen and oxygen atoms in total. The van der Waals surface area contributed by atoms with Crippen LogP contribution in [0, 0.1) is 0 Å². The lowest BCUT2D eigenvalue weighted by molar-refractivity contribution is -1.00. The second-order valence-corrected chi connectivity index (χ2v) is 7.69. The van der Waals surface area contributed by atoms with E-state index in [1.54, 1.807) is 9.80 Å². The number of rotatable bonds is 7. The summed E-state index contributed by atoms with van der Waals surface area (Å²) < 4.78 is 11.5. The molecule has 0 aromatic heterocycles. The van der Waals surface area contributed by atoms with E-state index in [0.29, 0.717) is 13.2 Å². The molecule has 2 N–H and O–H groups in total. The number of piperazine rings is 1. The summed E-state index contributed by atoms with van der Waals surface area (Å²) in [6, 6.07) is 8.40. The zero-order chi connectivity index (χ0) is 16.7. The Morgan fingerprint density at radius 1 is 0.913 bits per heavy atom. The molecule has 0 radical (unpaired) electrons. The first-order valence-corrected chi connectivity index (χ1v) is 8.91. The molecule has 1 aliphatic heterocycles. The van der Waals surface area contributed by atoms with Crippen LogP contribution in [-0.2, 0) is 10.2 Å². The van der Waals surface area contributed by atoms with Crippen LogP contribution in [0.15, 0.2) is 24.3 Å². The van der Waals surface area contributed by atoms with E-state index in [2.05, 4.69) is 52.1 Å². The molecule has 1 aromatic rings. The molecule has 0 bridgehead atoms. The van der Waals surface area contributed by atoms with Crippen LogP contribution in [-0.4, -0.2) is 59.6 Å². The Hall–Kier alpha value is -1.10. The van der Waals surface area contributed by atoms with Crippen molar-refractivity contribution < 1.29 is 19.3 Å². The molecule has 130 valence electrons. The molecule has 2 rings (SSSR count). The third-order valence-electron chi connectivity index (χ3n) is 4.63. The highest BCUT2D eigenvalue weighted by atomic mass is 16.5.